The predicted molar refractivity (Wildman–Crippen MR) is 77.3 cm³/mol. The molecule has 0 bridgehead atoms. The van der Waals surface area contributed by atoms with Crippen LogP contribution in [0.4, 0.5) is 5.69 Å². The highest BCUT2D eigenvalue weighted by Gasteiger charge is 2.24. The molecule has 3 heteroatoms. The summed E-state index contributed by atoms with van der Waals surface area (Å²) in [5.41, 5.74) is 1.97. The molecule has 3 atom stereocenters. The van der Waals surface area contributed by atoms with Crippen LogP contribution in [0.1, 0.15) is 45.3 Å². The fourth-order valence-corrected chi connectivity index (χ4v) is 3.08. The molecule has 0 aliphatic carbocycles. The third kappa shape index (κ3) is 2.81. The number of anilines is 1. The highest BCUT2D eigenvalue weighted by Crippen LogP contribution is 2.34. The van der Waals surface area contributed by atoms with Gasteiger partial charge in [-0.25, -0.2) is 0 Å². The van der Waals surface area contributed by atoms with Gasteiger partial charge in [-0.1, -0.05) is 24.6 Å². The van der Waals surface area contributed by atoms with E-state index in [1.807, 2.05) is 18.2 Å². The van der Waals surface area contributed by atoms with E-state index >= 15 is 0 Å². The Bertz CT molecular complexity index is 419. The lowest BCUT2D eigenvalue weighted by atomic mass is 9.93. The molecular weight excluding hydrogens is 246 g/mol. The van der Waals surface area contributed by atoms with E-state index in [0.29, 0.717) is 6.04 Å². The maximum atomic E-state index is 9.56. The molecule has 2 nitrogen and oxygen atoms in total. The number of rotatable bonds is 2. The van der Waals surface area contributed by atoms with Crippen LogP contribution in [0.25, 0.3) is 0 Å². The van der Waals surface area contributed by atoms with Gasteiger partial charge in [0.25, 0.3) is 0 Å². The first-order valence-electron chi connectivity index (χ1n) is 6.73. The fourth-order valence-electron chi connectivity index (χ4n) is 2.78. The van der Waals surface area contributed by atoms with Gasteiger partial charge < -0.3 is 10.0 Å². The summed E-state index contributed by atoms with van der Waals surface area (Å²) >= 11 is 6.36. The molecule has 0 saturated carbocycles. The van der Waals surface area contributed by atoms with Gasteiger partial charge in [-0.3, -0.25) is 0 Å². The van der Waals surface area contributed by atoms with Gasteiger partial charge >= 0.3 is 0 Å². The van der Waals surface area contributed by atoms with Gasteiger partial charge in [-0.05, 0) is 50.3 Å². The third-order valence-corrected chi connectivity index (χ3v) is 4.20. The summed E-state index contributed by atoms with van der Waals surface area (Å²) in [4.78, 5) is 2.38. The van der Waals surface area contributed by atoms with Crippen LogP contribution in [-0.4, -0.2) is 17.7 Å². The number of halogens is 1. The maximum absolute atomic E-state index is 9.56. The molecule has 100 valence electrons. The zero-order valence-corrected chi connectivity index (χ0v) is 12.1. The lowest BCUT2D eigenvalue weighted by Gasteiger charge is -2.38. The summed E-state index contributed by atoms with van der Waals surface area (Å²) in [6.45, 7) is 7.40. The number of hydrogen-bond donors (Lipinski definition) is 1. The Morgan fingerprint density at radius 2 is 2.11 bits per heavy atom. The highest BCUT2D eigenvalue weighted by atomic mass is 35.5. The zero-order chi connectivity index (χ0) is 13.3. The molecule has 1 aliphatic heterocycles. The van der Waals surface area contributed by atoms with E-state index in [0.717, 1.165) is 28.7 Å². The predicted octanol–water partition coefficient (Wildman–Crippen LogP) is 4.02. The zero-order valence-electron chi connectivity index (χ0n) is 11.4. The van der Waals surface area contributed by atoms with Crippen molar-refractivity contribution in [1.82, 2.24) is 0 Å². The summed E-state index contributed by atoms with van der Waals surface area (Å²) in [5, 5.41) is 10.3. The molecule has 1 saturated heterocycles. The molecular formula is C15H22ClNO. The number of aliphatic hydroxyl groups is 1. The van der Waals surface area contributed by atoms with Crippen molar-refractivity contribution in [3.05, 3.63) is 28.8 Å². The Morgan fingerprint density at radius 3 is 2.67 bits per heavy atom. The van der Waals surface area contributed by atoms with Crippen molar-refractivity contribution in [3.63, 3.8) is 0 Å². The summed E-state index contributed by atoms with van der Waals surface area (Å²) in [6, 6.07) is 6.42. The van der Waals surface area contributed by atoms with E-state index in [9.17, 15) is 5.11 Å². The third-order valence-electron chi connectivity index (χ3n) is 3.90. The molecule has 1 heterocycles. The van der Waals surface area contributed by atoms with Crippen molar-refractivity contribution in [1.29, 1.82) is 0 Å². The molecule has 18 heavy (non-hydrogen) atoms. The summed E-state index contributed by atoms with van der Waals surface area (Å²) in [6.07, 6.45) is 1.98. The first-order valence-corrected chi connectivity index (χ1v) is 7.11. The number of benzene rings is 1. The van der Waals surface area contributed by atoms with Crippen molar-refractivity contribution in [3.8, 4) is 0 Å². The Labute approximate surface area is 115 Å². The molecule has 0 amide bonds. The van der Waals surface area contributed by atoms with Crippen LogP contribution >= 0.6 is 11.6 Å². The first-order chi connectivity index (χ1) is 8.49. The van der Waals surface area contributed by atoms with Crippen LogP contribution in [0.5, 0.6) is 0 Å². The van der Waals surface area contributed by atoms with Gasteiger partial charge in [0, 0.05) is 12.6 Å². The molecule has 2 rings (SSSR count). The minimum Gasteiger partial charge on any atom is -0.389 e. The lowest BCUT2D eigenvalue weighted by Crippen LogP contribution is -2.40. The van der Waals surface area contributed by atoms with E-state index in [1.165, 1.54) is 12.8 Å². The largest absolute Gasteiger partial charge is 0.389 e. The van der Waals surface area contributed by atoms with Crippen molar-refractivity contribution in [2.24, 2.45) is 5.92 Å². The maximum Gasteiger partial charge on any atom is 0.0762 e. The van der Waals surface area contributed by atoms with Crippen LogP contribution in [0.3, 0.4) is 0 Å². The topological polar surface area (TPSA) is 23.5 Å². The van der Waals surface area contributed by atoms with Crippen molar-refractivity contribution in [2.45, 2.75) is 45.8 Å². The Hall–Kier alpha value is -0.730. The van der Waals surface area contributed by atoms with E-state index in [2.05, 4.69) is 18.7 Å². The lowest BCUT2D eigenvalue weighted by molar-refractivity contribution is 0.199. The average Bonchev–Trinajstić information content (AvgIpc) is 2.30. The average molecular weight is 268 g/mol. The second kappa shape index (κ2) is 5.50. The highest BCUT2D eigenvalue weighted by molar-refractivity contribution is 6.33. The fraction of sp³-hybridized carbons (Fsp3) is 0.600. The van der Waals surface area contributed by atoms with Gasteiger partial charge in [0.2, 0.25) is 0 Å². The Morgan fingerprint density at radius 1 is 1.39 bits per heavy atom. The van der Waals surface area contributed by atoms with Crippen LogP contribution in [0, 0.1) is 5.92 Å². The second-order valence-electron chi connectivity index (χ2n) is 5.56. The molecule has 0 aromatic heterocycles. The molecule has 0 radical (unpaired) electrons. The number of piperidine rings is 1. The quantitative estimate of drug-likeness (QED) is 0.875. The molecule has 1 fully saturated rings. The molecule has 1 aromatic rings. The van der Waals surface area contributed by atoms with Gasteiger partial charge in [0.05, 0.1) is 16.8 Å². The molecule has 1 N–H and O–H groups in total. The van der Waals surface area contributed by atoms with Gasteiger partial charge in [0.1, 0.15) is 0 Å². The van der Waals surface area contributed by atoms with Crippen molar-refractivity contribution < 1.29 is 5.11 Å². The Balaban J connectivity index is 2.23. The normalized spacial score (nSPS) is 26.2. The molecule has 3 unspecified atom stereocenters. The Kier molecular flexibility index (Phi) is 4.18. The summed E-state index contributed by atoms with van der Waals surface area (Å²) in [5.74, 6) is 0.798. The molecule has 0 spiro atoms. The monoisotopic (exact) mass is 267 g/mol. The summed E-state index contributed by atoms with van der Waals surface area (Å²) < 4.78 is 0. The van der Waals surface area contributed by atoms with Crippen LogP contribution < -0.4 is 4.90 Å². The van der Waals surface area contributed by atoms with E-state index < -0.39 is 6.10 Å². The SMILES string of the molecule is CC1CCN(c2ccc(C(C)O)cc2Cl)C(C)C1. The van der Waals surface area contributed by atoms with E-state index in [-0.39, 0.29) is 0 Å². The number of nitrogens with zero attached hydrogens (tertiary/aromatic N) is 1. The van der Waals surface area contributed by atoms with Crippen molar-refractivity contribution in [2.75, 3.05) is 11.4 Å². The number of aliphatic hydroxyl groups excluding tert-OH is 1. The van der Waals surface area contributed by atoms with Gasteiger partial charge in [-0.2, -0.15) is 0 Å². The molecule has 1 aliphatic rings. The van der Waals surface area contributed by atoms with Crippen molar-refractivity contribution >= 4 is 17.3 Å². The van der Waals surface area contributed by atoms with Crippen LogP contribution in [0.15, 0.2) is 18.2 Å². The minimum absolute atomic E-state index is 0.463. The second-order valence-corrected chi connectivity index (χ2v) is 5.97. The van der Waals surface area contributed by atoms with E-state index in [1.54, 1.807) is 6.92 Å². The summed E-state index contributed by atoms with van der Waals surface area (Å²) in [7, 11) is 0. The smallest absolute Gasteiger partial charge is 0.0762 e. The van der Waals surface area contributed by atoms with Gasteiger partial charge in [0.15, 0.2) is 0 Å². The van der Waals surface area contributed by atoms with Gasteiger partial charge in [-0.15, -0.1) is 0 Å². The molecule has 1 aromatic carbocycles. The first kappa shape index (κ1) is 13.7. The van der Waals surface area contributed by atoms with Crippen LogP contribution in [-0.2, 0) is 0 Å². The standard InChI is InChI=1S/C15H22ClNO/c1-10-6-7-17(11(2)8-10)15-5-4-13(12(3)18)9-14(15)16/h4-5,9-12,18H,6-8H2,1-3H3. The van der Waals surface area contributed by atoms with E-state index in [4.69, 9.17) is 11.6 Å². The van der Waals surface area contributed by atoms with Crippen LogP contribution in [0.2, 0.25) is 5.02 Å². The number of hydrogen-bond acceptors (Lipinski definition) is 2. The minimum atomic E-state index is -0.463.